The van der Waals surface area contributed by atoms with E-state index in [1.165, 1.54) is 26.4 Å². The summed E-state index contributed by atoms with van der Waals surface area (Å²) in [7, 11) is 1.39. The summed E-state index contributed by atoms with van der Waals surface area (Å²) >= 11 is 0. The Balaban J connectivity index is 1.53. The molecule has 2 heterocycles. The highest BCUT2D eigenvalue weighted by Crippen LogP contribution is 2.41. The average molecular weight is 343 g/mol. The molecule has 0 bridgehead atoms. The zero-order chi connectivity index (χ0) is 17.3. The Morgan fingerprint density at radius 3 is 3.00 bits per heavy atom. The molecule has 0 amide bonds. The lowest BCUT2D eigenvalue weighted by Gasteiger charge is -2.42. The van der Waals surface area contributed by atoms with Gasteiger partial charge in [-0.3, -0.25) is 0 Å². The van der Waals surface area contributed by atoms with Crippen LogP contribution in [0.15, 0.2) is 30.5 Å². The van der Waals surface area contributed by atoms with Gasteiger partial charge in [0.05, 0.1) is 30.6 Å². The van der Waals surface area contributed by atoms with Gasteiger partial charge in [0.2, 0.25) is 0 Å². The first-order valence-electron chi connectivity index (χ1n) is 9.14. The molecule has 1 aromatic carbocycles. The Hall–Kier alpha value is -1.85. The van der Waals surface area contributed by atoms with Gasteiger partial charge in [0.1, 0.15) is 5.75 Å². The molecule has 1 unspecified atom stereocenters. The quantitative estimate of drug-likeness (QED) is 0.851. The van der Waals surface area contributed by atoms with Crippen molar-refractivity contribution in [2.45, 2.75) is 43.7 Å². The van der Waals surface area contributed by atoms with Gasteiger partial charge < -0.3 is 19.5 Å². The fourth-order valence-corrected chi connectivity index (χ4v) is 3.94. The van der Waals surface area contributed by atoms with E-state index in [2.05, 4.69) is 11.4 Å². The second kappa shape index (κ2) is 6.81. The van der Waals surface area contributed by atoms with Gasteiger partial charge in [-0.15, -0.1) is 0 Å². The predicted octanol–water partition coefficient (Wildman–Crippen LogP) is 3.14. The minimum atomic E-state index is -0.353. The summed E-state index contributed by atoms with van der Waals surface area (Å²) in [5.41, 5.74) is 1.27. The van der Waals surface area contributed by atoms with E-state index >= 15 is 0 Å². The number of methoxy groups -OCH3 is 1. The Labute approximate surface area is 148 Å². The summed E-state index contributed by atoms with van der Waals surface area (Å²) in [5.74, 6) is 1.11. The van der Waals surface area contributed by atoms with E-state index in [0.717, 1.165) is 37.5 Å². The van der Waals surface area contributed by atoms with Crippen LogP contribution in [0.3, 0.4) is 0 Å². The van der Waals surface area contributed by atoms with Crippen molar-refractivity contribution >= 4 is 5.97 Å². The Bertz CT molecular complexity index is 682. The average Bonchev–Trinajstić information content (AvgIpc) is 2.60. The second-order valence-electron chi connectivity index (χ2n) is 7.27. The predicted molar refractivity (Wildman–Crippen MR) is 93.5 cm³/mol. The first-order chi connectivity index (χ1) is 12.2. The number of esters is 1. The first kappa shape index (κ1) is 16.6. The van der Waals surface area contributed by atoms with Crippen molar-refractivity contribution in [3.05, 3.63) is 41.7 Å². The maximum atomic E-state index is 11.8. The molecule has 3 aliphatic rings. The maximum absolute atomic E-state index is 11.8. The minimum Gasteiger partial charge on any atom is -0.465 e. The third kappa shape index (κ3) is 3.18. The number of fused-ring (bicyclic) bond motifs is 2. The molecule has 1 aromatic rings. The molecule has 2 fully saturated rings. The molecule has 1 N–H and O–H groups in total. The second-order valence-corrected chi connectivity index (χ2v) is 7.27. The molecule has 1 saturated carbocycles. The van der Waals surface area contributed by atoms with Crippen LogP contribution in [-0.2, 0) is 15.0 Å². The summed E-state index contributed by atoms with van der Waals surface area (Å²) in [4.78, 5) is 11.8. The zero-order valence-electron chi connectivity index (χ0n) is 14.6. The highest BCUT2D eigenvalue weighted by atomic mass is 16.5. The van der Waals surface area contributed by atoms with Crippen molar-refractivity contribution in [3.63, 3.8) is 0 Å². The number of benzene rings is 1. The van der Waals surface area contributed by atoms with E-state index in [1.807, 2.05) is 6.07 Å². The van der Waals surface area contributed by atoms with Gasteiger partial charge in [0, 0.05) is 12.2 Å². The summed E-state index contributed by atoms with van der Waals surface area (Å²) in [5, 5.41) is 3.64. The number of hydrogen-bond acceptors (Lipinski definition) is 5. The van der Waals surface area contributed by atoms with E-state index in [0.29, 0.717) is 11.3 Å². The Morgan fingerprint density at radius 2 is 2.24 bits per heavy atom. The topological polar surface area (TPSA) is 56.8 Å². The molecule has 0 aromatic heterocycles. The van der Waals surface area contributed by atoms with Crippen molar-refractivity contribution in [1.82, 2.24) is 5.32 Å². The molecule has 4 rings (SSSR count). The summed E-state index contributed by atoms with van der Waals surface area (Å²) in [6.45, 7) is 1.78. The molecule has 2 atom stereocenters. The fourth-order valence-electron chi connectivity index (χ4n) is 3.94. The lowest BCUT2D eigenvalue weighted by molar-refractivity contribution is -0.0216. The molecule has 1 saturated heterocycles. The van der Waals surface area contributed by atoms with E-state index in [4.69, 9.17) is 14.2 Å². The van der Waals surface area contributed by atoms with Crippen LogP contribution in [0.2, 0.25) is 0 Å². The maximum Gasteiger partial charge on any atom is 0.337 e. The lowest BCUT2D eigenvalue weighted by Crippen LogP contribution is -2.50. The number of carbonyl (C=O) groups is 1. The van der Waals surface area contributed by atoms with Crippen LogP contribution in [0.25, 0.3) is 0 Å². The van der Waals surface area contributed by atoms with Gasteiger partial charge in [-0.1, -0.05) is 12.5 Å². The van der Waals surface area contributed by atoms with Crippen LogP contribution >= 0.6 is 0 Å². The van der Waals surface area contributed by atoms with E-state index < -0.39 is 0 Å². The third-order valence-corrected chi connectivity index (χ3v) is 5.68. The van der Waals surface area contributed by atoms with Crippen molar-refractivity contribution < 1.29 is 19.0 Å². The number of piperidine rings is 1. The largest absolute Gasteiger partial charge is 0.465 e. The van der Waals surface area contributed by atoms with Crippen LogP contribution in [0.5, 0.6) is 5.75 Å². The number of hydrogen-bond donors (Lipinski definition) is 1. The minimum absolute atomic E-state index is 0.248. The van der Waals surface area contributed by atoms with Crippen LogP contribution < -0.4 is 10.1 Å². The van der Waals surface area contributed by atoms with Gasteiger partial charge in [-0.25, -0.2) is 4.79 Å². The highest BCUT2D eigenvalue weighted by Gasteiger charge is 2.40. The molecule has 5 nitrogen and oxygen atoms in total. The molecular weight excluding hydrogens is 318 g/mol. The van der Waals surface area contributed by atoms with E-state index in [9.17, 15) is 4.79 Å². The normalized spacial score (nSPS) is 28.1. The van der Waals surface area contributed by atoms with Crippen molar-refractivity contribution in [2.75, 3.05) is 20.3 Å². The number of nitrogens with one attached hydrogen (secondary N) is 1. The van der Waals surface area contributed by atoms with Crippen molar-refractivity contribution in [3.8, 4) is 5.75 Å². The lowest BCUT2D eigenvalue weighted by atomic mass is 9.79. The van der Waals surface area contributed by atoms with Crippen LogP contribution in [0, 0.1) is 5.92 Å². The Kier molecular flexibility index (Phi) is 4.52. The number of ether oxygens (including phenoxy) is 3. The van der Waals surface area contributed by atoms with Gasteiger partial charge in [0.25, 0.3) is 0 Å². The SMILES string of the molecule is COC(=O)c1ccc2c(c1)OC=C[C@@]21CC(OCC2CCC2)CCN1. The smallest absolute Gasteiger partial charge is 0.337 e. The van der Waals surface area contributed by atoms with Crippen LogP contribution in [-0.4, -0.2) is 32.3 Å². The monoisotopic (exact) mass is 343 g/mol. The summed E-state index contributed by atoms with van der Waals surface area (Å²) in [6, 6.07) is 5.52. The molecule has 134 valence electrons. The molecule has 1 aliphatic carbocycles. The fraction of sp³-hybridized carbons (Fsp3) is 0.550. The van der Waals surface area contributed by atoms with Crippen LogP contribution in [0.4, 0.5) is 0 Å². The molecular formula is C20H25NO4. The van der Waals surface area contributed by atoms with Gasteiger partial charge in [0.15, 0.2) is 0 Å². The first-order valence-corrected chi connectivity index (χ1v) is 9.14. The molecule has 5 heteroatoms. The molecule has 1 spiro atoms. The number of rotatable bonds is 4. The van der Waals surface area contributed by atoms with Crippen molar-refractivity contribution in [2.24, 2.45) is 5.92 Å². The van der Waals surface area contributed by atoms with E-state index in [1.54, 1.807) is 18.4 Å². The molecule has 2 aliphatic heterocycles. The summed E-state index contributed by atoms with van der Waals surface area (Å²) < 4.78 is 16.7. The van der Waals surface area contributed by atoms with Gasteiger partial charge >= 0.3 is 5.97 Å². The van der Waals surface area contributed by atoms with Gasteiger partial charge in [-0.05, 0) is 56.4 Å². The summed E-state index contributed by atoms with van der Waals surface area (Å²) in [6.07, 6.45) is 9.91. The number of carbonyl (C=O) groups excluding carboxylic acids is 1. The zero-order valence-corrected chi connectivity index (χ0v) is 14.6. The van der Waals surface area contributed by atoms with Crippen molar-refractivity contribution in [1.29, 1.82) is 0 Å². The van der Waals surface area contributed by atoms with Crippen LogP contribution in [0.1, 0.15) is 48.0 Å². The standard InChI is InChI=1S/C20H25NO4/c1-23-19(22)15-5-6-17-18(11-15)24-10-8-20(17)12-16(7-9-21-20)25-13-14-3-2-4-14/h5-6,8,10-11,14,16,21H,2-4,7,9,12-13H2,1H3/t16?,20-/m1/s1. The Morgan fingerprint density at radius 1 is 1.36 bits per heavy atom. The molecule has 25 heavy (non-hydrogen) atoms. The van der Waals surface area contributed by atoms with Gasteiger partial charge in [-0.2, -0.15) is 0 Å². The highest BCUT2D eigenvalue weighted by molar-refractivity contribution is 5.90. The molecule has 0 radical (unpaired) electrons. The third-order valence-electron chi connectivity index (χ3n) is 5.68. The van der Waals surface area contributed by atoms with E-state index in [-0.39, 0.29) is 17.6 Å².